The lowest BCUT2D eigenvalue weighted by Gasteiger charge is -2.10. The molecule has 0 bridgehead atoms. The second-order valence-corrected chi connectivity index (χ2v) is 5.24. The molecule has 1 N–H and O–H groups in total. The molecule has 0 heterocycles. The monoisotopic (exact) mass is 349 g/mol. The van der Waals surface area contributed by atoms with Gasteiger partial charge in [-0.15, -0.1) is 0 Å². The second-order valence-electron chi connectivity index (χ2n) is 4.38. The molecule has 0 aliphatic carbocycles. The topological polar surface area (TPSA) is 47.6 Å². The fourth-order valence-electron chi connectivity index (χ4n) is 1.87. The van der Waals surface area contributed by atoms with Gasteiger partial charge in [0.05, 0.1) is 19.8 Å². The first-order valence-electron chi connectivity index (χ1n) is 6.38. The molecule has 2 aromatic carbocycles. The molecule has 0 aliphatic rings. The fourth-order valence-corrected chi connectivity index (χ4v) is 2.38. The zero-order valence-electron chi connectivity index (χ0n) is 11.9. The molecule has 0 aliphatic heterocycles. The highest BCUT2D eigenvalue weighted by atomic mass is 79.9. The Bertz CT molecular complexity index is 643. The number of esters is 1. The zero-order chi connectivity index (χ0) is 15.2. The van der Waals surface area contributed by atoms with E-state index in [9.17, 15) is 4.79 Å². The molecular weight excluding hydrogens is 334 g/mol. The van der Waals surface area contributed by atoms with Crippen LogP contribution in [0.25, 0.3) is 0 Å². The van der Waals surface area contributed by atoms with Crippen LogP contribution < -0.4 is 10.1 Å². The molecule has 0 radical (unpaired) electrons. The van der Waals surface area contributed by atoms with Gasteiger partial charge in [0, 0.05) is 22.8 Å². The number of anilines is 1. The van der Waals surface area contributed by atoms with Gasteiger partial charge in [-0.05, 0) is 29.8 Å². The minimum Gasteiger partial charge on any atom is -0.497 e. The minimum atomic E-state index is -0.344. The molecule has 0 spiro atoms. The van der Waals surface area contributed by atoms with Crippen molar-refractivity contribution in [2.24, 2.45) is 0 Å². The molecule has 0 amide bonds. The standard InChI is InChI=1S/C16H16BrNO3/c1-20-14-5-3-4-13(9-14)18-10-12-7-6-11(8-15(12)17)16(19)21-2/h3-9,18H,10H2,1-2H3. The van der Waals surface area contributed by atoms with Gasteiger partial charge < -0.3 is 14.8 Å². The molecule has 2 rings (SSSR count). The highest BCUT2D eigenvalue weighted by Crippen LogP contribution is 2.22. The largest absolute Gasteiger partial charge is 0.497 e. The van der Waals surface area contributed by atoms with Crippen molar-refractivity contribution in [2.45, 2.75) is 6.54 Å². The molecule has 4 nitrogen and oxygen atoms in total. The molecule has 0 fully saturated rings. The number of rotatable bonds is 5. The predicted molar refractivity (Wildman–Crippen MR) is 85.8 cm³/mol. The Kier molecular flexibility index (Phi) is 5.22. The third kappa shape index (κ3) is 3.98. The number of methoxy groups -OCH3 is 2. The van der Waals surface area contributed by atoms with E-state index in [0.29, 0.717) is 12.1 Å². The van der Waals surface area contributed by atoms with Crippen LogP contribution in [0.15, 0.2) is 46.9 Å². The first kappa shape index (κ1) is 15.4. The molecule has 110 valence electrons. The van der Waals surface area contributed by atoms with Gasteiger partial charge in [0.15, 0.2) is 0 Å². The minimum absolute atomic E-state index is 0.344. The van der Waals surface area contributed by atoms with Crippen molar-refractivity contribution < 1.29 is 14.3 Å². The summed E-state index contributed by atoms with van der Waals surface area (Å²) in [5, 5.41) is 3.31. The highest BCUT2D eigenvalue weighted by Gasteiger charge is 2.08. The van der Waals surface area contributed by atoms with Crippen LogP contribution in [0.3, 0.4) is 0 Å². The normalized spacial score (nSPS) is 10.0. The summed E-state index contributed by atoms with van der Waals surface area (Å²) in [5.41, 5.74) is 2.54. The summed E-state index contributed by atoms with van der Waals surface area (Å²) < 4.78 is 10.7. The Morgan fingerprint density at radius 2 is 2.00 bits per heavy atom. The van der Waals surface area contributed by atoms with Gasteiger partial charge in [-0.1, -0.05) is 28.1 Å². The van der Waals surface area contributed by atoms with E-state index in [2.05, 4.69) is 21.2 Å². The maximum absolute atomic E-state index is 11.5. The first-order chi connectivity index (χ1) is 10.1. The van der Waals surface area contributed by atoms with Gasteiger partial charge in [-0.25, -0.2) is 4.79 Å². The van der Waals surface area contributed by atoms with Crippen LogP contribution in [-0.2, 0) is 11.3 Å². The number of halogens is 1. The first-order valence-corrected chi connectivity index (χ1v) is 7.18. The zero-order valence-corrected chi connectivity index (χ0v) is 13.4. The van der Waals surface area contributed by atoms with Crippen molar-refractivity contribution in [3.05, 3.63) is 58.1 Å². The van der Waals surface area contributed by atoms with E-state index >= 15 is 0 Å². The molecule has 0 aromatic heterocycles. The number of ether oxygens (including phenoxy) is 2. The molecule has 0 atom stereocenters. The van der Waals surface area contributed by atoms with Crippen LogP contribution in [0.2, 0.25) is 0 Å². The Balaban J connectivity index is 2.07. The van der Waals surface area contributed by atoms with E-state index in [4.69, 9.17) is 9.47 Å². The quantitative estimate of drug-likeness (QED) is 0.832. The molecule has 0 saturated carbocycles. The van der Waals surface area contributed by atoms with Crippen molar-refractivity contribution >= 4 is 27.6 Å². The van der Waals surface area contributed by atoms with Gasteiger partial charge >= 0.3 is 5.97 Å². The van der Waals surface area contributed by atoms with Crippen molar-refractivity contribution in [3.8, 4) is 5.75 Å². The van der Waals surface area contributed by atoms with E-state index in [-0.39, 0.29) is 5.97 Å². The van der Waals surface area contributed by atoms with E-state index in [0.717, 1.165) is 21.5 Å². The summed E-state index contributed by atoms with van der Waals surface area (Å²) >= 11 is 3.47. The van der Waals surface area contributed by atoms with Crippen molar-refractivity contribution in [1.29, 1.82) is 0 Å². The van der Waals surface area contributed by atoms with Crippen LogP contribution in [0.1, 0.15) is 15.9 Å². The van der Waals surface area contributed by atoms with E-state index in [1.807, 2.05) is 30.3 Å². The summed E-state index contributed by atoms with van der Waals surface area (Å²) in [6.07, 6.45) is 0. The van der Waals surface area contributed by atoms with E-state index < -0.39 is 0 Å². The summed E-state index contributed by atoms with van der Waals surface area (Å²) in [4.78, 5) is 11.5. The van der Waals surface area contributed by atoms with E-state index in [1.54, 1.807) is 19.2 Å². The third-order valence-electron chi connectivity index (χ3n) is 3.03. The van der Waals surface area contributed by atoms with Crippen LogP contribution in [0.4, 0.5) is 5.69 Å². The average molecular weight is 350 g/mol. The maximum Gasteiger partial charge on any atom is 0.337 e. The molecule has 21 heavy (non-hydrogen) atoms. The van der Waals surface area contributed by atoms with Crippen molar-refractivity contribution in [1.82, 2.24) is 0 Å². The van der Waals surface area contributed by atoms with Crippen LogP contribution in [0, 0.1) is 0 Å². The average Bonchev–Trinajstić information content (AvgIpc) is 2.53. The Morgan fingerprint density at radius 3 is 2.67 bits per heavy atom. The number of carbonyl (C=O) groups excluding carboxylic acids is 1. The summed E-state index contributed by atoms with van der Waals surface area (Å²) in [5.74, 6) is 0.461. The number of nitrogens with one attached hydrogen (secondary N) is 1. The SMILES string of the molecule is COC(=O)c1ccc(CNc2cccc(OC)c2)c(Br)c1. The van der Waals surface area contributed by atoms with Crippen molar-refractivity contribution in [2.75, 3.05) is 19.5 Å². The van der Waals surface area contributed by atoms with Gasteiger partial charge in [0.25, 0.3) is 0 Å². The molecule has 2 aromatic rings. The Labute approximate surface area is 132 Å². The molecule has 0 saturated heterocycles. The summed E-state index contributed by atoms with van der Waals surface area (Å²) in [6, 6.07) is 13.1. The number of hydrogen-bond donors (Lipinski definition) is 1. The summed E-state index contributed by atoms with van der Waals surface area (Å²) in [7, 11) is 3.01. The lowest BCUT2D eigenvalue weighted by atomic mass is 10.1. The van der Waals surface area contributed by atoms with Crippen molar-refractivity contribution in [3.63, 3.8) is 0 Å². The number of benzene rings is 2. The van der Waals surface area contributed by atoms with Gasteiger partial charge in [0.1, 0.15) is 5.75 Å². The maximum atomic E-state index is 11.5. The highest BCUT2D eigenvalue weighted by molar-refractivity contribution is 9.10. The van der Waals surface area contributed by atoms with Crippen LogP contribution in [0.5, 0.6) is 5.75 Å². The number of carbonyl (C=O) groups is 1. The van der Waals surface area contributed by atoms with Crippen LogP contribution in [-0.4, -0.2) is 20.2 Å². The Hall–Kier alpha value is -2.01. The lowest BCUT2D eigenvalue weighted by molar-refractivity contribution is 0.0600. The summed E-state index contributed by atoms with van der Waals surface area (Å²) in [6.45, 7) is 0.634. The third-order valence-corrected chi connectivity index (χ3v) is 3.77. The lowest BCUT2D eigenvalue weighted by Crippen LogP contribution is -2.04. The van der Waals surface area contributed by atoms with E-state index in [1.165, 1.54) is 7.11 Å². The van der Waals surface area contributed by atoms with Gasteiger partial charge in [-0.3, -0.25) is 0 Å². The predicted octanol–water partition coefficient (Wildman–Crippen LogP) is 3.86. The fraction of sp³-hybridized carbons (Fsp3) is 0.188. The Morgan fingerprint density at radius 1 is 1.19 bits per heavy atom. The van der Waals surface area contributed by atoms with Crippen LogP contribution >= 0.6 is 15.9 Å². The molecule has 0 unspecified atom stereocenters. The van der Waals surface area contributed by atoms with Gasteiger partial charge in [-0.2, -0.15) is 0 Å². The molecule has 5 heteroatoms. The molecular formula is C16H16BrNO3. The second kappa shape index (κ2) is 7.13. The smallest absolute Gasteiger partial charge is 0.337 e. The van der Waals surface area contributed by atoms with Gasteiger partial charge in [0.2, 0.25) is 0 Å². The number of hydrogen-bond acceptors (Lipinski definition) is 4.